The Morgan fingerprint density at radius 3 is 2.42 bits per heavy atom. The zero-order valence-corrected chi connectivity index (χ0v) is 14.8. The molecule has 0 unspecified atom stereocenters. The molecule has 0 spiro atoms. The number of aliphatic imine (C=N–C) groups is 1. The van der Waals surface area contributed by atoms with Crippen LogP contribution in [0.3, 0.4) is 0 Å². The van der Waals surface area contributed by atoms with Gasteiger partial charge in [0, 0.05) is 11.3 Å². The molecule has 0 aliphatic heterocycles. The van der Waals surface area contributed by atoms with Crippen LogP contribution in [0.2, 0.25) is 0 Å². The normalized spacial score (nSPS) is 12.1. The highest BCUT2D eigenvalue weighted by molar-refractivity contribution is 6.06. The molecule has 2 aromatic rings. The minimum absolute atomic E-state index is 0.783. The predicted octanol–water partition coefficient (Wildman–Crippen LogP) is 6.51. The van der Waals surface area contributed by atoms with E-state index in [4.69, 9.17) is 4.99 Å². The van der Waals surface area contributed by atoms with Crippen molar-refractivity contribution in [1.29, 1.82) is 0 Å². The molecule has 0 aliphatic carbocycles. The summed E-state index contributed by atoms with van der Waals surface area (Å²) in [6, 6.07) is 16.8. The number of hydrogen-bond donors (Lipinski definition) is 0. The molecule has 0 fully saturated rings. The van der Waals surface area contributed by atoms with Crippen LogP contribution in [0.1, 0.15) is 31.4 Å². The van der Waals surface area contributed by atoms with Crippen molar-refractivity contribution < 1.29 is 0 Å². The van der Waals surface area contributed by atoms with Crippen molar-refractivity contribution in [2.75, 3.05) is 0 Å². The molecule has 0 saturated heterocycles. The van der Waals surface area contributed by atoms with E-state index >= 15 is 0 Å². The first-order valence-electron chi connectivity index (χ1n) is 8.24. The summed E-state index contributed by atoms with van der Waals surface area (Å²) in [6.07, 6.45) is 4.72. The molecule has 0 aromatic heterocycles. The Hall–Kier alpha value is -2.67. The number of benzene rings is 2. The van der Waals surface area contributed by atoms with Gasteiger partial charge in [0.2, 0.25) is 0 Å². The monoisotopic (exact) mass is 315 g/mol. The molecule has 0 amide bonds. The molecular formula is C23H25N. The van der Waals surface area contributed by atoms with Crippen LogP contribution in [0.4, 0.5) is 0 Å². The number of allylic oxidation sites excluding steroid dienone is 3. The van der Waals surface area contributed by atoms with E-state index in [2.05, 4.69) is 75.5 Å². The van der Waals surface area contributed by atoms with Gasteiger partial charge in [0.05, 0.1) is 5.70 Å². The third kappa shape index (κ3) is 3.99. The van der Waals surface area contributed by atoms with Crippen LogP contribution in [0.5, 0.6) is 0 Å². The van der Waals surface area contributed by atoms with Gasteiger partial charge < -0.3 is 0 Å². The van der Waals surface area contributed by atoms with Gasteiger partial charge in [0.1, 0.15) is 0 Å². The van der Waals surface area contributed by atoms with Crippen molar-refractivity contribution in [2.45, 2.75) is 27.2 Å². The van der Waals surface area contributed by atoms with Crippen LogP contribution in [0.15, 0.2) is 90.1 Å². The van der Waals surface area contributed by atoms with E-state index in [-0.39, 0.29) is 0 Å². The van der Waals surface area contributed by atoms with Gasteiger partial charge in [-0.3, -0.25) is 4.99 Å². The first kappa shape index (κ1) is 17.7. The molecule has 1 heteroatoms. The number of aryl methyl sites for hydroxylation is 1. The van der Waals surface area contributed by atoms with Crippen molar-refractivity contribution in [3.8, 4) is 11.1 Å². The van der Waals surface area contributed by atoms with Crippen LogP contribution in [-0.2, 0) is 0 Å². The zero-order chi connectivity index (χ0) is 17.5. The Labute approximate surface area is 145 Å². The molecular weight excluding hydrogens is 290 g/mol. The molecule has 0 atom stereocenters. The van der Waals surface area contributed by atoms with Crippen LogP contribution in [0, 0.1) is 6.92 Å². The van der Waals surface area contributed by atoms with Gasteiger partial charge in [-0.1, -0.05) is 67.3 Å². The van der Waals surface area contributed by atoms with E-state index < -0.39 is 0 Å². The summed E-state index contributed by atoms with van der Waals surface area (Å²) in [4.78, 5) is 4.79. The summed E-state index contributed by atoms with van der Waals surface area (Å²) in [5, 5.41) is 0. The van der Waals surface area contributed by atoms with Gasteiger partial charge in [0.15, 0.2) is 0 Å². The number of hydrogen-bond acceptors (Lipinski definition) is 1. The molecule has 0 heterocycles. The Bertz CT molecular complexity index is 792. The lowest BCUT2D eigenvalue weighted by Crippen LogP contribution is -2.02. The van der Waals surface area contributed by atoms with E-state index in [0.717, 1.165) is 23.4 Å². The molecule has 0 bridgehead atoms. The lowest BCUT2D eigenvalue weighted by atomic mass is 9.93. The van der Waals surface area contributed by atoms with Gasteiger partial charge in [-0.25, -0.2) is 0 Å². The quantitative estimate of drug-likeness (QED) is 0.327. The highest BCUT2D eigenvalue weighted by atomic mass is 14.8. The minimum atomic E-state index is 0.783. The van der Waals surface area contributed by atoms with Crippen LogP contribution >= 0.6 is 0 Å². The van der Waals surface area contributed by atoms with Crippen molar-refractivity contribution in [3.63, 3.8) is 0 Å². The second-order valence-electron chi connectivity index (χ2n) is 5.81. The fourth-order valence-corrected chi connectivity index (χ4v) is 2.89. The summed E-state index contributed by atoms with van der Waals surface area (Å²) < 4.78 is 0. The maximum atomic E-state index is 4.79. The van der Waals surface area contributed by atoms with E-state index in [1.807, 2.05) is 19.1 Å². The topological polar surface area (TPSA) is 12.4 Å². The molecule has 2 aromatic carbocycles. The second kappa shape index (κ2) is 8.26. The molecule has 0 radical (unpaired) electrons. The highest BCUT2D eigenvalue weighted by Gasteiger charge is 2.11. The Balaban J connectivity index is 2.50. The van der Waals surface area contributed by atoms with Gasteiger partial charge >= 0.3 is 0 Å². The van der Waals surface area contributed by atoms with Crippen LogP contribution < -0.4 is 0 Å². The van der Waals surface area contributed by atoms with E-state index in [9.17, 15) is 0 Å². The summed E-state index contributed by atoms with van der Waals surface area (Å²) in [5.41, 5.74) is 7.70. The molecule has 2 rings (SSSR count). The largest absolute Gasteiger partial charge is 0.253 e. The third-order valence-electron chi connectivity index (χ3n) is 4.11. The standard InChI is InChI=1S/C23H25N/c1-6-12-20(7-2)18(4)24-19(5)23-17(3)13-11-16-22(23)21-14-9-8-10-15-21/h6-11,13-16H,1,4,12H2,2-3,5H3/b20-7+,24-19-. The maximum absolute atomic E-state index is 4.79. The Kier molecular flexibility index (Phi) is 6.08. The first-order valence-corrected chi connectivity index (χ1v) is 8.24. The number of nitrogens with zero attached hydrogens (tertiary/aromatic N) is 1. The summed E-state index contributed by atoms with van der Waals surface area (Å²) in [6.45, 7) is 14.1. The lowest BCUT2D eigenvalue weighted by Gasteiger charge is -2.14. The number of rotatable bonds is 6. The van der Waals surface area contributed by atoms with E-state index in [1.54, 1.807) is 0 Å². The Morgan fingerprint density at radius 2 is 1.79 bits per heavy atom. The highest BCUT2D eigenvalue weighted by Crippen LogP contribution is 2.27. The molecule has 0 aliphatic rings. The predicted molar refractivity (Wildman–Crippen MR) is 107 cm³/mol. The fourth-order valence-electron chi connectivity index (χ4n) is 2.89. The van der Waals surface area contributed by atoms with Crippen molar-refractivity contribution in [3.05, 3.63) is 96.2 Å². The first-order chi connectivity index (χ1) is 11.6. The van der Waals surface area contributed by atoms with Crippen LogP contribution in [-0.4, -0.2) is 5.71 Å². The third-order valence-corrected chi connectivity index (χ3v) is 4.11. The smallest absolute Gasteiger partial charge is 0.0593 e. The van der Waals surface area contributed by atoms with Gasteiger partial charge in [-0.15, -0.1) is 6.58 Å². The molecule has 0 N–H and O–H groups in total. The van der Waals surface area contributed by atoms with E-state index in [1.165, 1.54) is 22.3 Å². The molecule has 0 saturated carbocycles. The maximum Gasteiger partial charge on any atom is 0.0593 e. The molecule has 24 heavy (non-hydrogen) atoms. The van der Waals surface area contributed by atoms with Crippen molar-refractivity contribution >= 4 is 5.71 Å². The lowest BCUT2D eigenvalue weighted by molar-refractivity contribution is 1.18. The average molecular weight is 315 g/mol. The average Bonchev–Trinajstić information content (AvgIpc) is 2.59. The summed E-state index contributed by atoms with van der Waals surface area (Å²) in [7, 11) is 0. The van der Waals surface area contributed by atoms with Gasteiger partial charge in [0.25, 0.3) is 0 Å². The Morgan fingerprint density at radius 1 is 1.08 bits per heavy atom. The van der Waals surface area contributed by atoms with Crippen molar-refractivity contribution in [2.24, 2.45) is 4.99 Å². The zero-order valence-electron chi connectivity index (χ0n) is 14.8. The SMILES string of the molecule is C=CC/C(=C\C)C(=C)/N=C(/C)c1c(C)cccc1-c1ccccc1. The van der Waals surface area contributed by atoms with Gasteiger partial charge in [-0.2, -0.15) is 0 Å². The van der Waals surface area contributed by atoms with Gasteiger partial charge in [-0.05, 0) is 49.5 Å². The molecule has 122 valence electrons. The van der Waals surface area contributed by atoms with Crippen molar-refractivity contribution in [1.82, 2.24) is 0 Å². The fraction of sp³-hybridized carbons (Fsp3) is 0.174. The van der Waals surface area contributed by atoms with E-state index in [0.29, 0.717) is 0 Å². The second-order valence-corrected chi connectivity index (χ2v) is 5.81. The molecule has 1 nitrogen and oxygen atoms in total. The summed E-state index contributed by atoms with van der Waals surface area (Å²) in [5.74, 6) is 0. The van der Waals surface area contributed by atoms with Crippen LogP contribution in [0.25, 0.3) is 11.1 Å². The minimum Gasteiger partial charge on any atom is -0.253 e. The summed E-state index contributed by atoms with van der Waals surface area (Å²) >= 11 is 0.